The lowest BCUT2D eigenvalue weighted by atomic mass is 9.97. The molecule has 0 radical (unpaired) electrons. The van der Waals surface area contributed by atoms with Gasteiger partial charge in [-0.15, -0.1) is 0 Å². The second-order valence-electron chi connectivity index (χ2n) is 6.71. The van der Waals surface area contributed by atoms with Crippen molar-refractivity contribution in [2.45, 2.75) is 44.6 Å². The smallest absolute Gasteiger partial charge is 0.350 e. The van der Waals surface area contributed by atoms with Crippen LogP contribution >= 0.6 is 0 Å². The number of methoxy groups -OCH3 is 1. The van der Waals surface area contributed by atoms with E-state index in [-0.39, 0.29) is 17.2 Å². The summed E-state index contributed by atoms with van der Waals surface area (Å²) in [6.07, 6.45) is 0. The Kier molecular flexibility index (Phi) is 5.33. The van der Waals surface area contributed by atoms with Gasteiger partial charge in [0.05, 0.1) is 13.7 Å². The highest BCUT2D eigenvalue weighted by Gasteiger charge is 2.46. The van der Waals surface area contributed by atoms with Gasteiger partial charge in [0.15, 0.2) is 8.32 Å². The molecule has 1 aromatic rings. The lowest BCUT2D eigenvalue weighted by molar-refractivity contribution is -0.158. The summed E-state index contributed by atoms with van der Waals surface area (Å²) in [4.78, 5) is 11.9. The summed E-state index contributed by atoms with van der Waals surface area (Å²) in [6, 6.07) is 8.31. The Bertz CT molecular complexity index is 482. The number of halogens is 1. The van der Waals surface area contributed by atoms with E-state index < -0.39 is 20.0 Å². The summed E-state index contributed by atoms with van der Waals surface area (Å²) in [5, 5.41) is -0.0548. The van der Waals surface area contributed by atoms with E-state index in [1.54, 1.807) is 30.3 Å². The van der Waals surface area contributed by atoms with Gasteiger partial charge in [-0.1, -0.05) is 51.1 Å². The first kappa shape index (κ1) is 17.8. The van der Waals surface area contributed by atoms with Gasteiger partial charge >= 0.3 is 5.97 Å². The molecule has 21 heavy (non-hydrogen) atoms. The number of carbonyl (C=O) groups is 1. The molecule has 5 heteroatoms. The van der Waals surface area contributed by atoms with E-state index >= 15 is 4.39 Å². The zero-order valence-corrected chi connectivity index (χ0v) is 14.7. The maximum absolute atomic E-state index is 15.3. The molecular weight excluding hydrogens is 287 g/mol. The van der Waals surface area contributed by atoms with Crippen LogP contribution in [0, 0.1) is 0 Å². The normalized spacial score (nSPS) is 15.4. The zero-order chi connectivity index (χ0) is 16.3. The van der Waals surface area contributed by atoms with Crippen molar-refractivity contribution in [1.29, 1.82) is 0 Å². The van der Waals surface area contributed by atoms with E-state index in [1.165, 1.54) is 7.11 Å². The number of esters is 1. The van der Waals surface area contributed by atoms with E-state index in [0.29, 0.717) is 0 Å². The van der Waals surface area contributed by atoms with Crippen LogP contribution in [-0.4, -0.2) is 28.0 Å². The predicted molar refractivity (Wildman–Crippen MR) is 84.4 cm³/mol. The number of hydrogen-bond donors (Lipinski definition) is 0. The molecule has 0 amide bonds. The van der Waals surface area contributed by atoms with Crippen molar-refractivity contribution >= 4 is 14.3 Å². The van der Waals surface area contributed by atoms with Gasteiger partial charge in [-0.3, -0.25) is 0 Å². The Labute approximate surface area is 127 Å². The molecule has 0 aliphatic rings. The standard InChI is InChI=1S/C16H25FO3Si/c1-15(2,3)21(5,6)20-12-16(17,14(18)19-4)13-10-8-7-9-11-13/h7-11H,12H2,1-6H3. The van der Waals surface area contributed by atoms with Crippen LogP contribution in [0.4, 0.5) is 4.39 Å². The first-order chi connectivity index (χ1) is 9.54. The molecule has 1 atom stereocenters. The molecule has 0 saturated carbocycles. The minimum atomic E-state index is -2.27. The molecule has 3 nitrogen and oxygen atoms in total. The first-order valence-electron chi connectivity index (χ1n) is 7.01. The van der Waals surface area contributed by atoms with Gasteiger partial charge < -0.3 is 9.16 Å². The second kappa shape index (κ2) is 6.28. The minimum absolute atomic E-state index is 0.0548. The molecule has 0 aliphatic carbocycles. The SMILES string of the molecule is COC(=O)C(F)(CO[Si](C)(C)C(C)(C)C)c1ccccc1. The highest BCUT2D eigenvalue weighted by Crippen LogP contribution is 2.38. The summed E-state index contributed by atoms with van der Waals surface area (Å²) in [5.74, 6) is -0.924. The van der Waals surface area contributed by atoms with Gasteiger partial charge in [-0.2, -0.15) is 0 Å². The minimum Gasteiger partial charge on any atom is -0.466 e. The molecule has 118 valence electrons. The van der Waals surface area contributed by atoms with Crippen LogP contribution < -0.4 is 0 Å². The van der Waals surface area contributed by atoms with E-state index in [0.717, 1.165) is 0 Å². The molecular formula is C16H25FO3Si. The molecule has 0 N–H and O–H groups in total. The van der Waals surface area contributed by atoms with Crippen molar-refractivity contribution in [2.24, 2.45) is 0 Å². The average Bonchev–Trinajstić information content (AvgIpc) is 2.43. The molecule has 0 spiro atoms. The molecule has 0 heterocycles. The number of carbonyl (C=O) groups excluding carboxylic acids is 1. The monoisotopic (exact) mass is 312 g/mol. The van der Waals surface area contributed by atoms with E-state index in [4.69, 9.17) is 4.43 Å². The average molecular weight is 312 g/mol. The van der Waals surface area contributed by atoms with Crippen LogP contribution in [0.15, 0.2) is 30.3 Å². The number of alkyl halides is 1. The fourth-order valence-electron chi connectivity index (χ4n) is 1.62. The molecule has 0 fully saturated rings. The zero-order valence-electron chi connectivity index (χ0n) is 13.7. The van der Waals surface area contributed by atoms with Crippen LogP contribution in [0.1, 0.15) is 26.3 Å². The van der Waals surface area contributed by atoms with Gasteiger partial charge in [-0.25, -0.2) is 9.18 Å². The number of benzene rings is 1. The molecule has 1 rings (SSSR count). The van der Waals surface area contributed by atoms with Gasteiger partial charge in [0.2, 0.25) is 0 Å². The van der Waals surface area contributed by atoms with Crippen LogP contribution in [0.2, 0.25) is 18.1 Å². The third-order valence-electron chi connectivity index (χ3n) is 4.18. The van der Waals surface area contributed by atoms with E-state index in [2.05, 4.69) is 25.5 Å². The Morgan fingerprint density at radius 2 is 1.71 bits per heavy atom. The van der Waals surface area contributed by atoms with Gasteiger partial charge in [0, 0.05) is 5.56 Å². The summed E-state index contributed by atoms with van der Waals surface area (Å²) in [5.41, 5.74) is -2.01. The number of ether oxygens (including phenoxy) is 1. The molecule has 1 aromatic carbocycles. The molecule has 0 saturated heterocycles. The molecule has 0 bridgehead atoms. The highest BCUT2D eigenvalue weighted by molar-refractivity contribution is 6.74. The Morgan fingerprint density at radius 1 is 1.19 bits per heavy atom. The first-order valence-corrected chi connectivity index (χ1v) is 9.92. The van der Waals surface area contributed by atoms with Crippen LogP contribution in [0.5, 0.6) is 0 Å². The largest absolute Gasteiger partial charge is 0.466 e. The van der Waals surface area contributed by atoms with Gasteiger partial charge in [0.1, 0.15) is 0 Å². The van der Waals surface area contributed by atoms with Crippen LogP contribution in [0.3, 0.4) is 0 Å². The van der Waals surface area contributed by atoms with Gasteiger partial charge in [-0.05, 0) is 18.1 Å². The third-order valence-corrected chi connectivity index (χ3v) is 8.66. The third kappa shape index (κ3) is 3.92. The fraction of sp³-hybridized carbons (Fsp3) is 0.562. The summed E-state index contributed by atoms with van der Waals surface area (Å²) in [7, 11) is -0.968. The molecule has 1 unspecified atom stereocenters. The van der Waals surface area contributed by atoms with Gasteiger partial charge in [0.25, 0.3) is 5.67 Å². The fourth-order valence-corrected chi connectivity index (χ4v) is 2.61. The summed E-state index contributed by atoms with van der Waals surface area (Å²) < 4.78 is 25.8. The lowest BCUT2D eigenvalue weighted by Crippen LogP contribution is -2.46. The second-order valence-corrected chi connectivity index (χ2v) is 11.5. The Hall–Kier alpha value is -1.20. The summed E-state index contributed by atoms with van der Waals surface area (Å²) >= 11 is 0. The lowest BCUT2D eigenvalue weighted by Gasteiger charge is -2.38. The van der Waals surface area contributed by atoms with Crippen LogP contribution in [-0.2, 0) is 19.6 Å². The quantitative estimate of drug-likeness (QED) is 0.608. The molecule has 0 aromatic heterocycles. The number of hydrogen-bond acceptors (Lipinski definition) is 3. The van der Waals surface area contributed by atoms with Crippen molar-refractivity contribution in [2.75, 3.05) is 13.7 Å². The van der Waals surface area contributed by atoms with Crippen molar-refractivity contribution in [1.82, 2.24) is 0 Å². The van der Waals surface area contributed by atoms with Crippen molar-refractivity contribution in [3.05, 3.63) is 35.9 Å². The number of rotatable bonds is 5. The highest BCUT2D eigenvalue weighted by atomic mass is 28.4. The molecule has 0 aliphatic heterocycles. The predicted octanol–water partition coefficient (Wildman–Crippen LogP) is 4.05. The van der Waals surface area contributed by atoms with Crippen molar-refractivity contribution < 1.29 is 18.3 Å². The Morgan fingerprint density at radius 3 is 2.14 bits per heavy atom. The maximum Gasteiger partial charge on any atom is 0.350 e. The van der Waals surface area contributed by atoms with E-state index in [1.807, 2.05) is 13.1 Å². The maximum atomic E-state index is 15.3. The topological polar surface area (TPSA) is 35.5 Å². The van der Waals surface area contributed by atoms with Crippen LogP contribution in [0.25, 0.3) is 0 Å². The van der Waals surface area contributed by atoms with Crippen molar-refractivity contribution in [3.8, 4) is 0 Å². The Balaban J connectivity index is 3.04. The van der Waals surface area contributed by atoms with Crippen molar-refractivity contribution in [3.63, 3.8) is 0 Å². The summed E-state index contributed by atoms with van der Waals surface area (Å²) in [6.45, 7) is 9.94. The van der Waals surface area contributed by atoms with E-state index in [9.17, 15) is 4.79 Å².